The smallest absolute Gasteiger partial charge is 0.375 e. The molecule has 3 aromatic rings. The van der Waals surface area contributed by atoms with Gasteiger partial charge in [0.05, 0.1) is 16.9 Å². The first kappa shape index (κ1) is 21.8. The summed E-state index contributed by atoms with van der Waals surface area (Å²) >= 11 is 0. The van der Waals surface area contributed by atoms with E-state index in [9.17, 15) is 18.0 Å². The van der Waals surface area contributed by atoms with Crippen LogP contribution in [0.2, 0.25) is 0 Å². The number of hydrogen-bond acceptors (Lipinski definition) is 6. The molecule has 1 aromatic heterocycles. The number of esters is 1. The van der Waals surface area contributed by atoms with Crippen molar-refractivity contribution in [3.8, 4) is 0 Å². The normalized spacial score (nSPS) is 15.8. The Morgan fingerprint density at radius 1 is 1.06 bits per heavy atom. The molecule has 0 aliphatic carbocycles. The van der Waals surface area contributed by atoms with E-state index in [-0.39, 0.29) is 28.2 Å². The molecular weight excluding hydrogens is 430 g/mol. The van der Waals surface area contributed by atoms with E-state index in [1.165, 1.54) is 24.5 Å². The van der Waals surface area contributed by atoms with Crippen molar-refractivity contribution in [1.29, 1.82) is 0 Å². The number of anilines is 1. The van der Waals surface area contributed by atoms with E-state index in [2.05, 4.69) is 0 Å². The SMILES string of the molecule is CC1CCc2ccccc2N1C(=O)COC(=O)c1occc1CS(=O)(=O)c1ccccc1. The number of amides is 1. The molecule has 2 heterocycles. The summed E-state index contributed by atoms with van der Waals surface area (Å²) in [6, 6.07) is 17.0. The van der Waals surface area contributed by atoms with Crippen LogP contribution < -0.4 is 4.90 Å². The minimum atomic E-state index is -3.67. The summed E-state index contributed by atoms with van der Waals surface area (Å²) in [6.07, 6.45) is 2.93. The van der Waals surface area contributed by atoms with Crippen molar-refractivity contribution in [2.45, 2.75) is 36.5 Å². The zero-order chi connectivity index (χ0) is 22.7. The highest BCUT2D eigenvalue weighted by Crippen LogP contribution is 2.30. The second kappa shape index (κ2) is 9.00. The van der Waals surface area contributed by atoms with Gasteiger partial charge in [0.1, 0.15) is 0 Å². The van der Waals surface area contributed by atoms with Crippen LogP contribution in [-0.4, -0.2) is 32.9 Å². The Bertz CT molecular complexity index is 1230. The third-order valence-electron chi connectivity index (χ3n) is 5.50. The maximum absolute atomic E-state index is 12.9. The molecule has 1 atom stereocenters. The van der Waals surface area contributed by atoms with E-state index < -0.39 is 28.2 Å². The van der Waals surface area contributed by atoms with Gasteiger partial charge >= 0.3 is 5.97 Å². The van der Waals surface area contributed by atoms with E-state index in [1.54, 1.807) is 23.1 Å². The lowest BCUT2D eigenvalue weighted by molar-refractivity contribution is -0.122. The molecule has 1 aliphatic heterocycles. The van der Waals surface area contributed by atoms with E-state index in [0.717, 1.165) is 24.1 Å². The molecule has 1 amide bonds. The number of fused-ring (bicyclic) bond motifs is 1. The highest BCUT2D eigenvalue weighted by atomic mass is 32.2. The minimum Gasteiger partial charge on any atom is -0.457 e. The van der Waals surface area contributed by atoms with Crippen molar-refractivity contribution in [1.82, 2.24) is 0 Å². The van der Waals surface area contributed by atoms with Gasteiger partial charge in [-0.1, -0.05) is 36.4 Å². The fourth-order valence-electron chi connectivity index (χ4n) is 3.88. The Morgan fingerprint density at radius 3 is 2.56 bits per heavy atom. The lowest BCUT2D eigenvalue weighted by atomic mass is 9.96. The first-order valence-electron chi connectivity index (χ1n) is 10.3. The Morgan fingerprint density at radius 2 is 1.78 bits per heavy atom. The molecular formula is C24H23NO6S. The minimum absolute atomic E-state index is 0.0220. The zero-order valence-corrected chi connectivity index (χ0v) is 18.4. The average molecular weight is 454 g/mol. The van der Waals surface area contributed by atoms with Gasteiger partial charge in [0.25, 0.3) is 5.91 Å². The number of carbonyl (C=O) groups is 2. The maximum Gasteiger partial charge on any atom is 0.375 e. The van der Waals surface area contributed by atoms with Gasteiger partial charge in [-0.05, 0) is 49.6 Å². The molecule has 0 fully saturated rings. The van der Waals surface area contributed by atoms with E-state index in [4.69, 9.17) is 9.15 Å². The maximum atomic E-state index is 12.9. The van der Waals surface area contributed by atoms with Crippen LogP contribution in [0.3, 0.4) is 0 Å². The second-order valence-electron chi connectivity index (χ2n) is 7.70. The number of benzene rings is 2. The van der Waals surface area contributed by atoms with Crippen molar-refractivity contribution in [2.24, 2.45) is 0 Å². The second-order valence-corrected chi connectivity index (χ2v) is 9.69. The molecule has 0 saturated heterocycles. The molecule has 0 N–H and O–H groups in total. The van der Waals surface area contributed by atoms with Gasteiger partial charge in [0, 0.05) is 17.3 Å². The molecule has 0 saturated carbocycles. The van der Waals surface area contributed by atoms with Crippen LogP contribution in [0.25, 0.3) is 0 Å². The van der Waals surface area contributed by atoms with Crippen molar-refractivity contribution in [2.75, 3.05) is 11.5 Å². The number of carbonyl (C=O) groups excluding carboxylic acids is 2. The highest BCUT2D eigenvalue weighted by molar-refractivity contribution is 7.90. The van der Waals surface area contributed by atoms with E-state index in [0.29, 0.717) is 0 Å². The summed E-state index contributed by atoms with van der Waals surface area (Å²) in [7, 11) is -3.67. The van der Waals surface area contributed by atoms with Gasteiger partial charge in [0.15, 0.2) is 16.4 Å². The van der Waals surface area contributed by atoms with Gasteiger partial charge in [-0.25, -0.2) is 13.2 Å². The molecule has 2 aromatic carbocycles. The monoisotopic (exact) mass is 453 g/mol. The van der Waals surface area contributed by atoms with Crippen LogP contribution in [-0.2, 0) is 31.5 Å². The Kier molecular flexibility index (Phi) is 6.14. The Hall–Kier alpha value is -3.39. The van der Waals surface area contributed by atoms with Crippen molar-refractivity contribution in [3.63, 3.8) is 0 Å². The third-order valence-corrected chi connectivity index (χ3v) is 7.18. The van der Waals surface area contributed by atoms with Gasteiger partial charge in [-0.2, -0.15) is 0 Å². The van der Waals surface area contributed by atoms with Crippen LogP contribution in [0.5, 0.6) is 0 Å². The van der Waals surface area contributed by atoms with Crippen molar-refractivity contribution >= 4 is 27.4 Å². The summed E-state index contributed by atoms with van der Waals surface area (Å²) in [5.41, 5.74) is 2.08. The molecule has 7 nitrogen and oxygen atoms in total. The van der Waals surface area contributed by atoms with Crippen LogP contribution in [0.1, 0.15) is 35.0 Å². The largest absolute Gasteiger partial charge is 0.457 e. The summed E-state index contributed by atoms with van der Waals surface area (Å²) in [6.45, 7) is 1.48. The Labute approximate surface area is 186 Å². The molecule has 8 heteroatoms. The molecule has 0 spiro atoms. The highest BCUT2D eigenvalue weighted by Gasteiger charge is 2.29. The van der Waals surface area contributed by atoms with Crippen LogP contribution >= 0.6 is 0 Å². The van der Waals surface area contributed by atoms with Crippen LogP contribution in [0.4, 0.5) is 5.69 Å². The van der Waals surface area contributed by atoms with Crippen LogP contribution in [0, 0.1) is 0 Å². The quantitative estimate of drug-likeness (QED) is 0.528. The van der Waals surface area contributed by atoms with E-state index >= 15 is 0 Å². The molecule has 32 heavy (non-hydrogen) atoms. The Balaban J connectivity index is 1.45. The first-order valence-corrected chi connectivity index (χ1v) is 11.9. The van der Waals surface area contributed by atoms with Gasteiger partial charge in [0.2, 0.25) is 5.76 Å². The molecule has 1 aliphatic rings. The fraction of sp³-hybridized carbons (Fsp3) is 0.250. The predicted octanol–water partition coefficient (Wildman–Crippen LogP) is 3.78. The number of para-hydroxylation sites is 1. The number of rotatable bonds is 6. The number of ether oxygens (including phenoxy) is 1. The predicted molar refractivity (Wildman–Crippen MR) is 118 cm³/mol. The average Bonchev–Trinajstić information content (AvgIpc) is 3.25. The lowest BCUT2D eigenvalue weighted by Gasteiger charge is -2.35. The molecule has 166 valence electrons. The number of sulfone groups is 1. The molecule has 0 bridgehead atoms. The fourth-order valence-corrected chi connectivity index (χ4v) is 5.25. The zero-order valence-electron chi connectivity index (χ0n) is 17.6. The number of aryl methyl sites for hydroxylation is 1. The molecule has 1 unspecified atom stereocenters. The van der Waals surface area contributed by atoms with Crippen LogP contribution in [0.15, 0.2) is 76.2 Å². The number of nitrogens with zero attached hydrogens (tertiary/aromatic N) is 1. The summed E-state index contributed by atoms with van der Waals surface area (Å²) in [5.74, 6) is -1.85. The summed E-state index contributed by atoms with van der Waals surface area (Å²) < 4.78 is 35.7. The standard InChI is InChI=1S/C24H23NO6S/c1-17-11-12-18-7-5-6-10-21(18)25(17)22(26)15-31-24(27)23-19(13-14-30-23)16-32(28,29)20-8-3-2-4-9-20/h2-10,13-14,17H,11-12,15-16H2,1H3. The number of furan rings is 1. The van der Waals surface area contributed by atoms with Crippen molar-refractivity contribution in [3.05, 3.63) is 83.8 Å². The van der Waals surface area contributed by atoms with Gasteiger partial charge < -0.3 is 14.1 Å². The topological polar surface area (TPSA) is 93.9 Å². The molecule has 0 radical (unpaired) electrons. The van der Waals surface area contributed by atoms with E-state index in [1.807, 2.05) is 31.2 Å². The number of hydrogen-bond donors (Lipinski definition) is 0. The third kappa shape index (κ3) is 4.45. The van der Waals surface area contributed by atoms with Crippen molar-refractivity contribution < 1.29 is 27.2 Å². The molecule has 4 rings (SSSR count). The lowest BCUT2D eigenvalue weighted by Crippen LogP contribution is -2.44. The summed E-state index contributed by atoms with van der Waals surface area (Å²) in [5, 5.41) is 0. The summed E-state index contributed by atoms with van der Waals surface area (Å²) in [4.78, 5) is 27.2. The van der Waals surface area contributed by atoms with Gasteiger partial charge in [-0.15, -0.1) is 0 Å². The van der Waals surface area contributed by atoms with Gasteiger partial charge in [-0.3, -0.25) is 4.79 Å². The first-order chi connectivity index (χ1) is 15.4.